The van der Waals surface area contributed by atoms with E-state index in [0.717, 1.165) is 23.3 Å². The van der Waals surface area contributed by atoms with E-state index in [0.29, 0.717) is 28.1 Å². The van der Waals surface area contributed by atoms with Gasteiger partial charge >= 0.3 is 0 Å². The number of aromatic nitrogens is 2. The van der Waals surface area contributed by atoms with Crippen molar-refractivity contribution in [2.24, 2.45) is 0 Å². The highest BCUT2D eigenvalue weighted by Crippen LogP contribution is 2.26. The quantitative estimate of drug-likeness (QED) is 0.604. The number of rotatable bonds is 8. The van der Waals surface area contributed by atoms with Crippen LogP contribution >= 0.6 is 11.3 Å². The molecule has 0 saturated heterocycles. The van der Waals surface area contributed by atoms with Gasteiger partial charge in [-0.25, -0.2) is 8.42 Å². The molecule has 0 aliphatic carbocycles. The van der Waals surface area contributed by atoms with Crippen molar-refractivity contribution in [1.29, 1.82) is 0 Å². The highest BCUT2D eigenvalue weighted by molar-refractivity contribution is 7.94. The smallest absolute Gasteiger partial charge is 0.271 e. The molecule has 0 atom stereocenters. The number of anilines is 1. The standard InChI is InChI=1S/C19H21N3O3S2/c1-3-12-25-18-10-9-17(20-21-18)14-6-5-7-15(13-14)22-27(23,24)19-11-8-16(4-2)26-19/h5-11,13,22H,3-4,12H2,1-2H3. The zero-order valence-electron chi connectivity index (χ0n) is 15.2. The van der Waals surface area contributed by atoms with E-state index < -0.39 is 10.0 Å². The number of benzene rings is 1. The molecule has 27 heavy (non-hydrogen) atoms. The molecule has 0 spiro atoms. The summed E-state index contributed by atoms with van der Waals surface area (Å²) in [6, 6.07) is 14.1. The lowest BCUT2D eigenvalue weighted by Gasteiger charge is -2.08. The Balaban J connectivity index is 1.79. The third-order valence-electron chi connectivity index (χ3n) is 3.76. The van der Waals surface area contributed by atoms with Crippen molar-refractivity contribution >= 4 is 27.0 Å². The van der Waals surface area contributed by atoms with Gasteiger partial charge in [-0.3, -0.25) is 4.72 Å². The van der Waals surface area contributed by atoms with Crippen LogP contribution in [0.5, 0.6) is 5.88 Å². The van der Waals surface area contributed by atoms with Crippen molar-refractivity contribution < 1.29 is 13.2 Å². The van der Waals surface area contributed by atoms with Crippen LogP contribution < -0.4 is 9.46 Å². The van der Waals surface area contributed by atoms with E-state index in [1.165, 1.54) is 11.3 Å². The van der Waals surface area contributed by atoms with Crippen molar-refractivity contribution in [1.82, 2.24) is 10.2 Å². The third kappa shape index (κ3) is 4.84. The van der Waals surface area contributed by atoms with Crippen LogP contribution in [0.3, 0.4) is 0 Å². The minimum Gasteiger partial charge on any atom is -0.477 e. The molecule has 2 heterocycles. The van der Waals surface area contributed by atoms with Gasteiger partial charge in [-0.2, -0.15) is 0 Å². The van der Waals surface area contributed by atoms with E-state index >= 15 is 0 Å². The zero-order valence-corrected chi connectivity index (χ0v) is 16.8. The zero-order chi connectivity index (χ0) is 19.3. The van der Waals surface area contributed by atoms with Gasteiger partial charge in [0.15, 0.2) is 0 Å². The molecule has 0 bridgehead atoms. The molecule has 8 heteroatoms. The summed E-state index contributed by atoms with van der Waals surface area (Å²) in [5, 5.41) is 8.21. The Morgan fingerprint density at radius 1 is 1.07 bits per heavy atom. The minimum atomic E-state index is -3.61. The first-order valence-corrected chi connectivity index (χ1v) is 11.0. The van der Waals surface area contributed by atoms with Crippen molar-refractivity contribution in [2.45, 2.75) is 30.9 Å². The Morgan fingerprint density at radius 3 is 2.59 bits per heavy atom. The molecule has 3 rings (SSSR count). The van der Waals surface area contributed by atoms with E-state index in [9.17, 15) is 8.42 Å². The lowest BCUT2D eigenvalue weighted by atomic mass is 10.1. The van der Waals surface area contributed by atoms with Crippen LogP contribution in [0.25, 0.3) is 11.3 Å². The van der Waals surface area contributed by atoms with Crippen LogP contribution in [-0.4, -0.2) is 25.2 Å². The summed E-state index contributed by atoms with van der Waals surface area (Å²) in [5.74, 6) is 0.474. The van der Waals surface area contributed by atoms with E-state index in [1.54, 1.807) is 36.4 Å². The second-order valence-electron chi connectivity index (χ2n) is 5.87. The van der Waals surface area contributed by atoms with Crippen molar-refractivity contribution in [3.8, 4) is 17.1 Å². The summed E-state index contributed by atoms with van der Waals surface area (Å²) >= 11 is 1.28. The molecular weight excluding hydrogens is 382 g/mol. The van der Waals surface area contributed by atoms with Crippen LogP contribution in [-0.2, 0) is 16.4 Å². The van der Waals surface area contributed by atoms with E-state index in [-0.39, 0.29) is 0 Å². The molecule has 0 fully saturated rings. The Kier molecular flexibility index (Phi) is 6.08. The number of sulfonamides is 1. The maximum absolute atomic E-state index is 12.6. The van der Waals surface area contributed by atoms with Crippen LogP contribution in [0.4, 0.5) is 5.69 Å². The summed E-state index contributed by atoms with van der Waals surface area (Å²) in [5.41, 5.74) is 1.89. The van der Waals surface area contributed by atoms with Gasteiger partial charge in [0.2, 0.25) is 5.88 Å². The topological polar surface area (TPSA) is 81.2 Å². The van der Waals surface area contributed by atoms with Crippen molar-refractivity contribution in [3.05, 3.63) is 53.4 Å². The van der Waals surface area contributed by atoms with Gasteiger partial charge < -0.3 is 4.74 Å². The van der Waals surface area contributed by atoms with Gasteiger partial charge in [-0.15, -0.1) is 21.5 Å². The predicted octanol–water partition coefficient (Wildman–Crippen LogP) is 4.36. The van der Waals surface area contributed by atoms with E-state index in [4.69, 9.17) is 4.74 Å². The lowest BCUT2D eigenvalue weighted by Crippen LogP contribution is -2.11. The molecule has 0 aliphatic heterocycles. The van der Waals surface area contributed by atoms with Gasteiger partial charge in [0, 0.05) is 22.2 Å². The Labute approximate surface area is 163 Å². The minimum absolute atomic E-state index is 0.307. The van der Waals surface area contributed by atoms with Crippen LogP contribution in [0.2, 0.25) is 0 Å². The molecule has 1 aromatic carbocycles. The molecule has 0 unspecified atom stereocenters. The predicted molar refractivity (Wildman–Crippen MR) is 108 cm³/mol. The number of hydrogen-bond donors (Lipinski definition) is 1. The fraction of sp³-hybridized carbons (Fsp3) is 0.263. The van der Waals surface area contributed by atoms with Gasteiger partial charge in [-0.05, 0) is 43.2 Å². The average Bonchev–Trinajstić information content (AvgIpc) is 3.17. The molecule has 1 N–H and O–H groups in total. The summed E-state index contributed by atoms with van der Waals surface area (Å²) in [6.07, 6.45) is 1.71. The Bertz CT molecular complexity index is 999. The van der Waals surface area contributed by atoms with Gasteiger partial charge in [0.05, 0.1) is 12.3 Å². The maximum atomic E-state index is 12.6. The molecule has 0 radical (unpaired) electrons. The summed E-state index contributed by atoms with van der Waals surface area (Å²) in [6.45, 7) is 4.61. The first kappa shape index (κ1) is 19.3. The van der Waals surface area contributed by atoms with Gasteiger partial charge in [0.25, 0.3) is 10.0 Å². The highest BCUT2D eigenvalue weighted by atomic mass is 32.2. The molecule has 0 aliphatic rings. The van der Waals surface area contributed by atoms with Crippen LogP contribution in [0.15, 0.2) is 52.7 Å². The first-order valence-electron chi connectivity index (χ1n) is 8.70. The van der Waals surface area contributed by atoms with Crippen molar-refractivity contribution in [3.63, 3.8) is 0 Å². The van der Waals surface area contributed by atoms with Gasteiger partial charge in [0.1, 0.15) is 4.21 Å². The Morgan fingerprint density at radius 2 is 1.93 bits per heavy atom. The maximum Gasteiger partial charge on any atom is 0.271 e. The Hall–Kier alpha value is -2.45. The average molecular weight is 404 g/mol. The summed E-state index contributed by atoms with van der Waals surface area (Å²) < 4.78 is 33.5. The van der Waals surface area contributed by atoms with Gasteiger partial charge in [-0.1, -0.05) is 26.0 Å². The normalized spacial score (nSPS) is 11.3. The highest BCUT2D eigenvalue weighted by Gasteiger charge is 2.17. The van der Waals surface area contributed by atoms with E-state index in [2.05, 4.69) is 14.9 Å². The summed E-state index contributed by atoms with van der Waals surface area (Å²) in [4.78, 5) is 1.03. The second-order valence-corrected chi connectivity index (χ2v) is 8.94. The van der Waals surface area contributed by atoms with E-state index in [1.807, 2.05) is 26.0 Å². The fourth-order valence-corrected chi connectivity index (χ4v) is 4.74. The number of aryl methyl sites for hydroxylation is 1. The molecule has 3 aromatic rings. The largest absolute Gasteiger partial charge is 0.477 e. The fourth-order valence-electron chi connectivity index (χ4n) is 2.40. The third-order valence-corrected chi connectivity index (χ3v) is 6.86. The number of nitrogens with one attached hydrogen (secondary N) is 1. The first-order chi connectivity index (χ1) is 13.0. The summed E-state index contributed by atoms with van der Waals surface area (Å²) in [7, 11) is -3.61. The van der Waals surface area contributed by atoms with Crippen LogP contribution in [0.1, 0.15) is 25.1 Å². The number of nitrogens with zero attached hydrogens (tertiary/aromatic N) is 2. The van der Waals surface area contributed by atoms with Crippen molar-refractivity contribution in [2.75, 3.05) is 11.3 Å². The number of thiophene rings is 1. The molecule has 0 amide bonds. The monoisotopic (exact) mass is 403 g/mol. The number of hydrogen-bond acceptors (Lipinski definition) is 6. The second kappa shape index (κ2) is 8.49. The lowest BCUT2D eigenvalue weighted by molar-refractivity contribution is 0.302. The molecule has 2 aromatic heterocycles. The SMILES string of the molecule is CCCOc1ccc(-c2cccc(NS(=O)(=O)c3ccc(CC)s3)c2)nn1. The van der Waals surface area contributed by atoms with Crippen LogP contribution in [0, 0.1) is 0 Å². The molecule has 6 nitrogen and oxygen atoms in total. The molecule has 142 valence electrons. The number of ether oxygens (including phenoxy) is 1. The molecule has 0 saturated carbocycles. The molecular formula is C19H21N3O3S2.